The molecule has 1 aromatic rings. The molecule has 0 radical (unpaired) electrons. The van der Waals surface area contributed by atoms with Crippen LogP contribution in [0.15, 0.2) is 18.2 Å². The van der Waals surface area contributed by atoms with Crippen molar-refractivity contribution < 1.29 is 32.4 Å². The third kappa shape index (κ3) is 3.38. The zero-order valence-corrected chi connectivity index (χ0v) is 12.2. The normalized spacial score (nSPS) is 16.3. The van der Waals surface area contributed by atoms with Gasteiger partial charge in [-0.05, 0) is 38.3 Å². The number of hydrogen-bond acceptors (Lipinski definition) is 5. The largest absolute Gasteiger partial charge is 0.468 e. The molecule has 126 valence electrons. The highest BCUT2D eigenvalue weighted by Crippen LogP contribution is 2.42. The second-order valence-corrected chi connectivity index (χ2v) is 5.11. The lowest BCUT2D eigenvalue weighted by atomic mass is 9.80. The molecule has 0 atom stereocenters. The summed E-state index contributed by atoms with van der Waals surface area (Å²) in [4.78, 5) is 22.1. The maximum atomic E-state index is 12.8. The number of halogens is 3. The van der Waals surface area contributed by atoms with Crippen LogP contribution in [0.5, 0.6) is 5.75 Å². The van der Waals surface area contributed by atoms with E-state index >= 15 is 0 Å². The van der Waals surface area contributed by atoms with Crippen molar-refractivity contribution in [1.82, 2.24) is 0 Å². The maximum absolute atomic E-state index is 12.8. The van der Waals surface area contributed by atoms with Gasteiger partial charge in [0, 0.05) is 6.07 Å². The van der Waals surface area contributed by atoms with E-state index in [1.54, 1.807) is 6.92 Å². The van der Waals surface area contributed by atoms with Gasteiger partial charge in [0.2, 0.25) is 5.60 Å². The number of rotatable bonds is 5. The fraction of sp³-hybridized carbons (Fsp3) is 0.500. The van der Waals surface area contributed by atoms with Gasteiger partial charge in [0.1, 0.15) is 0 Å². The molecular formula is C14H14F3NO5. The van der Waals surface area contributed by atoms with Gasteiger partial charge in [-0.25, -0.2) is 4.79 Å². The number of carbonyl (C=O) groups is 1. The number of carbonyl (C=O) groups excluding carboxylic acids is 1. The summed E-state index contributed by atoms with van der Waals surface area (Å²) in [7, 11) is 0. The molecule has 0 aliphatic heterocycles. The lowest BCUT2D eigenvalue weighted by Crippen LogP contribution is -2.51. The molecule has 0 bridgehead atoms. The van der Waals surface area contributed by atoms with Crippen LogP contribution in [0.1, 0.15) is 31.7 Å². The summed E-state index contributed by atoms with van der Waals surface area (Å²) in [5.74, 6) is -1.31. The molecule has 9 heteroatoms. The number of benzene rings is 1. The van der Waals surface area contributed by atoms with Crippen molar-refractivity contribution >= 4 is 11.7 Å². The summed E-state index contributed by atoms with van der Waals surface area (Å²) < 4.78 is 48.6. The molecule has 6 nitrogen and oxygen atoms in total. The Bertz CT molecular complexity index is 625. The first-order valence-electron chi connectivity index (χ1n) is 6.91. The molecular weight excluding hydrogens is 319 g/mol. The van der Waals surface area contributed by atoms with Gasteiger partial charge in [-0.2, -0.15) is 13.2 Å². The Morgan fingerprint density at radius 3 is 2.48 bits per heavy atom. The quantitative estimate of drug-likeness (QED) is 0.468. The van der Waals surface area contributed by atoms with Gasteiger partial charge in [-0.3, -0.25) is 10.1 Å². The zero-order chi connectivity index (χ0) is 17.3. The van der Waals surface area contributed by atoms with E-state index < -0.39 is 39.7 Å². The Morgan fingerprint density at radius 2 is 2.04 bits per heavy atom. The highest BCUT2D eigenvalue weighted by molar-refractivity contribution is 5.81. The molecule has 0 saturated heterocycles. The van der Waals surface area contributed by atoms with Crippen LogP contribution in [0, 0.1) is 10.1 Å². The van der Waals surface area contributed by atoms with Gasteiger partial charge >= 0.3 is 17.8 Å². The van der Waals surface area contributed by atoms with Crippen LogP contribution in [0.3, 0.4) is 0 Å². The summed E-state index contributed by atoms with van der Waals surface area (Å²) in [6.45, 7) is 1.66. The standard InChI is InChI=1S/C14H14F3NO5/c1-2-22-12(19)13(6-3-7-13)23-11-8-9(14(15,16)17)4-5-10(11)18(20)21/h4-5,8H,2-3,6-7H2,1H3. The molecule has 1 aliphatic rings. The minimum atomic E-state index is -4.68. The Morgan fingerprint density at radius 1 is 1.39 bits per heavy atom. The molecule has 1 saturated carbocycles. The van der Waals surface area contributed by atoms with Crippen LogP contribution in [-0.2, 0) is 15.7 Å². The molecule has 1 aromatic carbocycles. The number of hydrogen-bond donors (Lipinski definition) is 0. The number of nitro benzene ring substituents is 1. The van der Waals surface area contributed by atoms with E-state index in [9.17, 15) is 28.1 Å². The Balaban J connectivity index is 2.40. The fourth-order valence-corrected chi connectivity index (χ4v) is 2.24. The predicted octanol–water partition coefficient (Wildman–Crippen LogP) is 3.48. The van der Waals surface area contributed by atoms with Gasteiger partial charge in [0.05, 0.1) is 17.1 Å². The van der Waals surface area contributed by atoms with Crippen molar-refractivity contribution in [3.63, 3.8) is 0 Å². The van der Waals surface area contributed by atoms with E-state index in [4.69, 9.17) is 9.47 Å². The summed E-state index contributed by atoms with van der Waals surface area (Å²) in [6, 6.07) is 1.86. The first-order chi connectivity index (χ1) is 10.7. The highest BCUT2D eigenvalue weighted by atomic mass is 19.4. The average Bonchev–Trinajstić information content (AvgIpc) is 2.41. The molecule has 0 unspecified atom stereocenters. The van der Waals surface area contributed by atoms with Crippen molar-refractivity contribution in [2.75, 3.05) is 6.61 Å². The molecule has 0 amide bonds. The van der Waals surface area contributed by atoms with Crippen molar-refractivity contribution in [2.24, 2.45) is 0 Å². The van der Waals surface area contributed by atoms with Crippen molar-refractivity contribution in [2.45, 2.75) is 38.0 Å². The minimum Gasteiger partial charge on any atom is -0.468 e. The summed E-state index contributed by atoms with van der Waals surface area (Å²) in [6.07, 6.45) is -3.59. The topological polar surface area (TPSA) is 78.7 Å². The number of esters is 1. The Labute approximate surface area is 129 Å². The smallest absolute Gasteiger partial charge is 0.416 e. The lowest BCUT2D eigenvalue weighted by molar-refractivity contribution is -0.386. The first-order valence-corrected chi connectivity index (χ1v) is 6.91. The Kier molecular flexibility index (Phi) is 4.49. The van der Waals surface area contributed by atoms with Crippen LogP contribution in [0.4, 0.5) is 18.9 Å². The summed E-state index contributed by atoms with van der Waals surface area (Å²) in [5, 5.41) is 11.0. The van der Waals surface area contributed by atoms with E-state index in [0.717, 1.165) is 6.07 Å². The van der Waals surface area contributed by atoms with Gasteiger partial charge in [0.15, 0.2) is 5.75 Å². The molecule has 0 spiro atoms. The Hall–Kier alpha value is -2.32. The van der Waals surface area contributed by atoms with Crippen LogP contribution in [0.25, 0.3) is 0 Å². The molecule has 1 aliphatic carbocycles. The molecule has 0 N–H and O–H groups in total. The fourth-order valence-electron chi connectivity index (χ4n) is 2.24. The van der Waals surface area contributed by atoms with Crippen LogP contribution in [0.2, 0.25) is 0 Å². The van der Waals surface area contributed by atoms with E-state index in [1.165, 1.54) is 0 Å². The molecule has 2 rings (SSSR count). The van der Waals surface area contributed by atoms with E-state index in [1.807, 2.05) is 0 Å². The highest BCUT2D eigenvalue weighted by Gasteiger charge is 2.49. The van der Waals surface area contributed by atoms with Crippen molar-refractivity contribution in [3.8, 4) is 5.75 Å². The lowest BCUT2D eigenvalue weighted by Gasteiger charge is -2.38. The van der Waals surface area contributed by atoms with Crippen molar-refractivity contribution in [3.05, 3.63) is 33.9 Å². The van der Waals surface area contributed by atoms with E-state index in [0.29, 0.717) is 18.6 Å². The van der Waals surface area contributed by atoms with Crippen molar-refractivity contribution in [1.29, 1.82) is 0 Å². The van der Waals surface area contributed by atoms with Gasteiger partial charge in [0.25, 0.3) is 0 Å². The average molecular weight is 333 g/mol. The third-order valence-corrected chi connectivity index (χ3v) is 3.60. The van der Waals surface area contributed by atoms with E-state index in [2.05, 4.69) is 0 Å². The van der Waals surface area contributed by atoms with Gasteiger partial charge in [-0.1, -0.05) is 0 Å². The number of nitrogens with zero attached hydrogens (tertiary/aromatic N) is 1. The SMILES string of the molecule is CCOC(=O)C1(Oc2cc(C(F)(F)F)ccc2[N+](=O)[O-])CCC1. The second-order valence-electron chi connectivity index (χ2n) is 5.11. The third-order valence-electron chi connectivity index (χ3n) is 3.60. The zero-order valence-electron chi connectivity index (χ0n) is 12.2. The monoisotopic (exact) mass is 333 g/mol. The molecule has 0 heterocycles. The van der Waals surface area contributed by atoms with Gasteiger partial charge < -0.3 is 9.47 Å². The van der Waals surface area contributed by atoms with Crippen LogP contribution >= 0.6 is 0 Å². The van der Waals surface area contributed by atoms with Gasteiger partial charge in [-0.15, -0.1) is 0 Å². The minimum absolute atomic E-state index is 0.0780. The molecule has 1 fully saturated rings. The summed E-state index contributed by atoms with van der Waals surface area (Å²) in [5.41, 5.74) is -3.17. The number of nitro groups is 1. The predicted molar refractivity (Wildman–Crippen MR) is 71.9 cm³/mol. The second kappa shape index (κ2) is 6.05. The first kappa shape index (κ1) is 17.0. The van der Waals surface area contributed by atoms with E-state index in [-0.39, 0.29) is 19.4 Å². The number of ether oxygens (including phenoxy) is 2. The maximum Gasteiger partial charge on any atom is 0.416 e. The summed E-state index contributed by atoms with van der Waals surface area (Å²) >= 11 is 0. The van der Waals surface area contributed by atoms with Crippen LogP contribution in [-0.4, -0.2) is 23.1 Å². The number of alkyl halides is 3. The molecule has 23 heavy (non-hydrogen) atoms. The van der Waals surface area contributed by atoms with Crippen LogP contribution < -0.4 is 4.74 Å². The molecule has 0 aromatic heterocycles.